The topological polar surface area (TPSA) is 99.9 Å². The Morgan fingerprint density at radius 2 is 1.85 bits per heavy atom. The summed E-state index contributed by atoms with van der Waals surface area (Å²) in [6.07, 6.45) is -1.46. The first-order chi connectivity index (χ1) is 15.9. The number of hydrogen-bond donors (Lipinski definition) is 1. The van der Waals surface area contributed by atoms with E-state index < -0.39 is 12.1 Å². The molecule has 172 valence electrons. The van der Waals surface area contributed by atoms with Crippen molar-refractivity contribution in [1.29, 1.82) is 0 Å². The van der Waals surface area contributed by atoms with E-state index in [1.807, 2.05) is 19.9 Å². The lowest BCUT2D eigenvalue weighted by atomic mass is 9.94. The predicted octanol–water partition coefficient (Wildman–Crippen LogP) is 3.44. The Kier molecular flexibility index (Phi) is 5.12. The number of cyclic esters (lactones) is 1. The van der Waals surface area contributed by atoms with Gasteiger partial charge in [0.05, 0.1) is 29.0 Å². The smallest absolute Gasteiger partial charge is 0.340 e. The molecule has 3 aliphatic rings. The number of carbonyl (C=O) groups is 1. The Morgan fingerprint density at radius 1 is 1.09 bits per heavy atom. The maximum atomic E-state index is 13.1. The Labute approximate surface area is 190 Å². The van der Waals surface area contributed by atoms with Gasteiger partial charge >= 0.3 is 5.97 Å². The highest BCUT2D eigenvalue weighted by atomic mass is 16.6. The third kappa shape index (κ3) is 3.12. The molecule has 6 rings (SSSR count). The number of pyridine rings is 2. The fourth-order valence-corrected chi connectivity index (χ4v) is 4.78. The summed E-state index contributed by atoms with van der Waals surface area (Å²) in [5.74, 6) is 0.884. The molecule has 1 aromatic carbocycles. The molecule has 0 fully saturated rings. The summed E-state index contributed by atoms with van der Waals surface area (Å²) in [7, 11) is 0. The molecule has 3 aromatic rings. The number of aromatic nitrogens is 2. The largest absolute Gasteiger partial charge is 0.486 e. The van der Waals surface area contributed by atoms with E-state index in [1.54, 1.807) is 10.6 Å². The van der Waals surface area contributed by atoms with Crippen LogP contribution in [0.5, 0.6) is 11.5 Å². The molecule has 33 heavy (non-hydrogen) atoms. The number of fused-ring (bicyclic) bond motifs is 6. The van der Waals surface area contributed by atoms with Crippen molar-refractivity contribution in [2.75, 3.05) is 13.2 Å². The molecule has 0 radical (unpaired) electrons. The number of benzene rings is 1. The molecule has 2 aromatic heterocycles. The van der Waals surface area contributed by atoms with Crippen molar-refractivity contribution in [2.24, 2.45) is 0 Å². The van der Waals surface area contributed by atoms with Crippen LogP contribution in [0.4, 0.5) is 0 Å². The Balaban J connectivity index is 0.00000111. The summed E-state index contributed by atoms with van der Waals surface area (Å²) in [6.45, 7) is 9.44. The van der Waals surface area contributed by atoms with Crippen molar-refractivity contribution in [3.05, 3.63) is 50.8 Å². The number of aliphatic hydroxyl groups is 1. The average molecular weight is 450 g/mol. The Hall–Kier alpha value is -3.39. The second kappa shape index (κ2) is 7.88. The summed E-state index contributed by atoms with van der Waals surface area (Å²) in [5.41, 5.74) is 4.31. The van der Waals surface area contributed by atoms with Crippen molar-refractivity contribution < 1.29 is 24.1 Å². The van der Waals surface area contributed by atoms with Gasteiger partial charge in [0.1, 0.15) is 19.8 Å². The van der Waals surface area contributed by atoms with Crippen LogP contribution in [0.2, 0.25) is 0 Å². The van der Waals surface area contributed by atoms with Crippen molar-refractivity contribution in [2.45, 2.75) is 52.9 Å². The van der Waals surface area contributed by atoms with E-state index in [-0.39, 0.29) is 18.1 Å². The predicted molar refractivity (Wildman–Crippen MR) is 122 cm³/mol. The van der Waals surface area contributed by atoms with Gasteiger partial charge in [-0.1, -0.05) is 27.7 Å². The molecule has 0 saturated heterocycles. The second-order valence-electron chi connectivity index (χ2n) is 8.40. The molecule has 1 atom stereocenters. The highest BCUT2D eigenvalue weighted by molar-refractivity contribution is 5.91. The van der Waals surface area contributed by atoms with Gasteiger partial charge in [0.2, 0.25) is 0 Å². The van der Waals surface area contributed by atoms with E-state index in [2.05, 4.69) is 19.9 Å². The Bertz CT molecular complexity index is 1360. The van der Waals surface area contributed by atoms with Crippen molar-refractivity contribution in [1.82, 2.24) is 9.55 Å². The van der Waals surface area contributed by atoms with Crippen LogP contribution in [0.25, 0.3) is 22.3 Å². The molecule has 1 N–H and O–H groups in total. The minimum absolute atomic E-state index is 0.130. The number of rotatable bonds is 1. The monoisotopic (exact) mass is 450 g/mol. The molecular formula is C25H26N2O6. The minimum Gasteiger partial charge on any atom is -0.486 e. The first-order valence-corrected chi connectivity index (χ1v) is 11.3. The molecule has 0 saturated carbocycles. The fourth-order valence-electron chi connectivity index (χ4n) is 4.78. The first-order valence-electron chi connectivity index (χ1n) is 11.3. The van der Waals surface area contributed by atoms with E-state index in [0.717, 1.165) is 27.8 Å². The molecule has 8 nitrogen and oxygen atoms in total. The zero-order valence-electron chi connectivity index (χ0n) is 19.1. The third-order valence-electron chi connectivity index (χ3n) is 6.20. The van der Waals surface area contributed by atoms with Gasteiger partial charge in [-0.2, -0.15) is 0 Å². The van der Waals surface area contributed by atoms with Gasteiger partial charge in [0.15, 0.2) is 17.6 Å². The number of carbonyl (C=O) groups excluding carboxylic acids is 1. The van der Waals surface area contributed by atoms with E-state index in [0.29, 0.717) is 48.0 Å². The van der Waals surface area contributed by atoms with Crippen molar-refractivity contribution in [3.63, 3.8) is 0 Å². The summed E-state index contributed by atoms with van der Waals surface area (Å²) in [6, 6.07) is 5.63. The van der Waals surface area contributed by atoms with Gasteiger partial charge in [0, 0.05) is 28.1 Å². The Morgan fingerprint density at radius 3 is 2.61 bits per heavy atom. The highest BCUT2D eigenvalue weighted by Crippen LogP contribution is 2.44. The van der Waals surface area contributed by atoms with Crippen LogP contribution in [0, 0.1) is 0 Å². The zero-order valence-corrected chi connectivity index (χ0v) is 19.1. The molecule has 0 aliphatic carbocycles. The zero-order chi connectivity index (χ0) is 23.4. The van der Waals surface area contributed by atoms with Crippen LogP contribution in [0.1, 0.15) is 62.0 Å². The molecule has 0 bridgehead atoms. The fraction of sp³-hybridized carbons (Fsp3) is 0.400. The number of hydrogen-bond acceptors (Lipinski definition) is 7. The van der Waals surface area contributed by atoms with Gasteiger partial charge < -0.3 is 23.9 Å². The van der Waals surface area contributed by atoms with Gasteiger partial charge in [-0.05, 0) is 18.1 Å². The first kappa shape index (κ1) is 21.5. The molecule has 5 heterocycles. The van der Waals surface area contributed by atoms with Crippen LogP contribution >= 0.6 is 0 Å². The van der Waals surface area contributed by atoms with E-state index >= 15 is 0 Å². The molecule has 1 unspecified atom stereocenters. The summed E-state index contributed by atoms with van der Waals surface area (Å²) in [4.78, 5) is 29.8. The quantitative estimate of drug-likeness (QED) is 0.444. The number of ether oxygens (including phenoxy) is 3. The van der Waals surface area contributed by atoms with Gasteiger partial charge in [-0.25, -0.2) is 9.78 Å². The number of nitrogens with zero attached hydrogens (tertiary/aromatic N) is 2. The average Bonchev–Trinajstić information content (AvgIpc) is 3.17. The lowest BCUT2D eigenvalue weighted by molar-refractivity contribution is -0.157. The molecular weight excluding hydrogens is 424 g/mol. The van der Waals surface area contributed by atoms with E-state index in [1.165, 1.54) is 0 Å². The van der Waals surface area contributed by atoms with Gasteiger partial charge in [0.25, 0.3) is 5.56 Å². The molecule has 8 heteroatoms. The van der Waals surface area contributed by atoms with E-state index in [4.69, 9.17) is 19.2 Å². The SMILES string of the molecule is CC.CC(C)c1c2c(cc3nc4c(cc13)Cn1c-4cc3c(c1=O)COC(=O)C3O)OCCO2. The highest BCUT2D eigenvalue weighted by Gasteiger charge is 2.34. The van der Waals surface area contributed by atoms with Crippen LogP contribution in [0.3, 0.4) is 0 Å². The van der Waals surface area contributed by atoms with E-state index in [9.17, 15) is 14.7 Å². The summed E-state index contributed by atoms with van der Waals surface area (Å²) < 4.78 is 18.3. The molecule has 3 aliphatic heterocycles. The lowest BCUT2D eigenvalue weighted by Gasteiger charge is -2.24. The van der Waals surface area contributed by atoms with Crippen LogP contribution in [0.15, 0.2) is 23.0 Å². The molecule has 0 amide bonds. The minimum atomic E-state index is -1.46. The maximum Gasteiger partial charge on any atom is 0.340 e. The van der Waals surface area contributed by atoms with Gasteiger partial charge in [-0.15, -0.1) is 0 Å². The van der Waals surface area contributed by atoms with Crippen LogP contribution in [-0.4, -0.2) is 33.8 Å². The maximum absolute atomic E-state index is 13.1. The van der Waals surface area contributed by atoms with Gasteiger partial charge in [-0.3, -0.25) is 4.79 Å². The molecule has 0 spiro atoms. The third-order valence-corrected chi connectivity index (χ3v) is 6.20. The number of esters is 1. The van der Waals surface area contributed by atoms with Crippen LogP contribution < -0.4 is 15.0 Å². The normalized spacial score (nSPS) is 17.6. The standard InChI is InChI=1S/C23H20N2O6.C2H6/c1-10(2)18-13-5-11-8-25-16(6-12-14(22(25)27)9-31-23(28)20(12)26)19(11)24-15(13)7-17-21(18)30-4-3-29-17;1-2/h5-7,10,20,26H,3-4,8-9H2,1-2H3;1-2H3. The van der Waals surface area contributed by atoms with Crippen LogP contribution in [-0.2, 0) is 22.7 Å². The van der Waals surface area contributed by atoms with Crippen molar-refractivity contribution in [3.8, 4) is 22.9 Å². The summed E-state index contributed by atoms with van der Waals surface area (Å²) in [5, 5.41) is 11.2. The lowest BCUT2D eigenvalue weighted by Crippen LogP contribution is -2.32. The number of aliphatic hydroxyl groups excluding tert-OH is 1. The second-order valence-corrected chi connectivity index (χ2v) is 8.40. The summed E-state index contributed by atoms with van der Waals surface area (Å²) >= 11 is 0. The van der Waals surface area contributed by atoms with Crippen molar-refractivity contribution >= 4 is 16.9 Å².